The normalized spacial score (nSPS) is 12.3. The Kier molecular flexibility index (Phi) is 4.58. The van der Waals surface area contributed by atoms with E-state index in [1.807, 2.05) is 0 Å². The van der Waals surface area contributed by atoms with Crippen LogP contribution in [0.2, 0.25) is 0 Å². The number of sulfone groups is 2. The van der Waals surface area contributed by atoms with Crippen molar-refractivity contribution in [3.63, 3.8) is 0 Å². The quantitative estimate of drug-likeness (QED) is 0.717. The minimum absolute atomic E-state index is 0.156. The molecule has 1 rings (SSSR count). The Bertz CT molecular complexity index is 680. The van der Waals surface area contributed by atoms with E-state index in [1.165, 1.54) is 0 Å². The molecule has 8 nitrogen and oxygen atoms in total. The second kappa shape index (κ2) is 5.61. The van der Waals surface area contributed by atoms with Gasteiger partial charge in [-0.15, -0.1) is 0 Å². The van der Waals surface area contributed by atoms with Gasteiger partial charge >= 0.3 is 5.97 Å². The molecule has 10 heteroatoms. The van der Waals surface area contributed by atoms with Crippen molar-refractivity contribution in [1.82, 2.24) is 9.97 Å². The van der Waals surface area contributed by atoms with E-state index >= 15 is 0 Å². The third-order valence-corrected chi connectivity index (χ3v) is 4.89. The van der Waals surface area contributed by atoms with Gasteiger partial charge in [-0.25, -0.2) is 31.6 Å². The van der Waals surface area contributed by atoms with Gasteiger partial charge in [0.1, 0.15) is 21.7 Å². The molecule has 0 radical (unpaired) electrons. The number of carboxylic acid groups (broad SMARTS) is 1. The van der Waals surface area contributed by atoms with Gasteiger partial charge in [-0.2, -0.15) is 0 Å². The second-order valence-corrected chi connectivity index (χ2v) is 8.35. The summed E-state index contributed by atoms with van der Waals surface area (Å²) in [5.41, 5.74) is -0.471. The lowest BCUT2D eigenvalue weighted by Gasteiger charge is -2.05. The summed E-state index contributed by atoms with van der Waals surface area (Å²) in [4.78, 5) is 18.0. The van der Waals surface area contributed by atoms with E-state index in [0.29, 0.717) is 0 Å². The number of carboxylic acids is 1. The van der Waals surface area contributed by atoms with Crippen molar-refractivity contribution in [3.05, 3.63) is 23.8 Å². The summed E-state index contributed by atoms with van der Waals surface area (Å²) >= 11 is 0. The SMILES string of the molecule is CS(=O)(=O)CCS(=O)(=O)Cc1ncncc1C(=O)O. The van der Waals surface area contributed by atoms with Crippen molar-refractivity contribution < 1.29 is 26.7 Å². The molecule has 0 amide bonds. The van der Waals surface area contributed by atoms with Crippen LogP contribution in [0.15, 0.2) is 12.5 Å². The van der Waals surface area contributed by atoms with E-state index < -0.39 is 42.9 Å². The zero-order chi connectivity index (χ0) is 14.7. The van der Waals surface area contributed by atoms with Crippen LogP contribution in [-0.4, -0.2) is 55.6 Å². The van der Waals surface area contributed by atoms with Gasteiger partial charge in [0.25, 0.3) is 0 Å². The van der Waals surface area contributed by atoms with Crippen LogP contribution in [0, 0.1) is 0 Å². The molecule has 0 aliphatic heterocycles. The lowest BCUT2D eigenvalue weighted by atomic mass is 10.2. The Labute approximate surface area is 110 Å². The Morgan fingerprint density at radius 1 is 1.26 bits per heavy atom. The standard InChI is InChI=1S/C9H12N2O6S2/c1-18(14,15)2-3-19(16,17)5-8-7(9(12)13)4-10-6-11-8/h4,6H,2-3,5H2,1H3,(H,12,13). The van der Waals surface area contributed by atoms with Crippen LogP contribution in [0.25, 0.3) is 0 Å². The highest BCUT2D eigenvalue weighted by molar-refractivity contribution is 7.94. The van der Waals surface area contributed by atoms with E-state index in [2.05, 4.69) is 9.97 Å². The fourth-order valence-corrected chi connectivity index (χ4v) is 4.23. The number of rotatable bonds is 6. The third-order valence-electron chi connectivity index (χ3n) is 2.15. The summed E-state index contributed by atoms with van der Waals surface area (Å²) in [7, 11) is -7.16. The van der Waals surface area contributed by atoms with Crippen LogP contribution in [0.3, 0.4) is 0 Å². The summed E-state index contributed by atoms with van der Waals surface area (Å²) in [6.45, 7) is 0. The molecule has 0 aliphatic carbocycles. The number of nitrogens with zero attached hydrogens (tertiary/aromatic N) is 2. The first-order valence-electron chi connectivity index (χ1n) is 5.01. The van der Waals surface area contributed by atoms with Gasteiger partial charge in [-0.05, 0) is 0 Å². The fourth-order valence-electron chi connectivity index (χ4n) is 1.21. The number of carbonyl (C=O) groups is 1. The third kappa shape index (κ3) is 5.30. The molecule has 0 aliphatic rings. The average Bonchev–Trinajstić information content (AvgIpc) is 2.26. The molecule has 0 saturated carbocycles. The van der Waals surface area contributed by atoms with Crippen LogP contribution >= 0.6 is 0 Å². The van der Waals surface area contributed by atoms with Crippen LogP contribution in [0.1, 0.15) is 16.1 Å². The number of hydrogen-bond donors (Lipinski definition) is 1. The van der Waals surface area contributed by atoms with Crippen molar-refractivity contribution in [2.45, 2.75) is 5.75 Å². The zero-order valence-electron chi connectivity index (χ0n) is 9.98. The summed E-state index contributed by atoms with van der Waals surface area (Å²) in [5.74, 6) is -3.06. The van der Waals surface area contributed by atoms with Crippen molar-refractivity contribution in [2.75, 3.05) is 17.8 Å². The molecule has 19 heavy (non-hydrogen) atoms. The molecule has 0 aromatic carbocycles. The van der Waals surface area contributed by atoms with Gasteiger partial charge in [0, 0.05) is 12.5 Å². The number of aromatic nitrogens is 2. The van der Waals surface area contributed by atoms with Crippen LogP contribution in [0.4, 0.5) is 0 Å². The van der Waals surface area contributed by atoms with Crippen molar-refractivity contribution in [1.29, 1.82) is 0 Å². The lowest BCUT2D eigenvalue weighted by molar-refractivity contribution is 0.0695. The van der Waals surface area contributed by atoms with Crippen LogP contribution in [-0.2, 0) is 25.4 Å². The maximum Gasteiger partial charge on any atom is 0.339 e. The zero-order valence-corrected chi connectivity index (χ0v) is 11.6. The van der Waals surface area contributed by atoms with Crippen LogP contribution in [0.5, 0.6) is 0 Å². The highest BCUT2D eigenvalue weighted by atomic mass is 32.2. The first-order chi connectivity index (χ1) is 8.61. The molecule has 106 valence electrons. The maximum atomic E-state index is 11.7. The molecule has 0 fully saturated rings. The van der Waals surface area contributed by atoms with Gasteiger partial charge < -0.3 is 5.11 Å². The fraction of sp³-hybridized carbons (Fsp3) is 0.444. The number of hydrogen-bond acceptors (Lipinski definition) is 7. The Balaban J connectivity index is 2.93. The highest BCUT2D eigenvalue weighted by Gasteiger charge is 2.20. The second-order valence-electron chi connectivity index (χ2n) is 3.91. The molecular formula is C9H12N2O6S2. The van der Waals surface area contributed by atoms with E-state index in [4.69, 9.17) is 5.11 Å². The summed E-state index contributed by atoms with van der Waals surface area (Å²) in [6.07, 6.45) is 2.96. The minimum atomic E-state index is -3.76. The lowest BCUT2D eigenvalue weighted by Crippen LogP contribution is -2.19. The van der Waals surface area contributed by atoms with Gasteiger partial charge in [-0.1, -0.05) is 0 Å². The summed E-state index contributed by atoms with van der Waals surface area (Å²) < 4.78 is 45.2. The molecule has 0 bridgehead atoms. The Hall–Kier alpha value is -1.55. The summed E-state index contributed by atoms with van der Waals surface area (Å²) in [6, 6.07) is 0. The topological polar surface area (TPSA) is 131 Å². The number of aromatic carboxylic acids is 1. The smallest absolute Gasteiger partial charge is 0.339 e. The van der Waals surface area contributed by atoms with E-state index in [-0.39, 0.29) is 11.3 Å². The monoisotopic (exact) mass is 308 g/mol. The van der Waals surface area contributed by atoms with Gasteiger partial charge in [0.05, 0.1) is 23.0 Å². The average molecular weight is 308 g/mol. The Morgan fingerprint density at radius 3 is 2.42 bits per heavy atom. The molecule has 0 atom stereocenters. The molecule has 1 aromatic rings. The molecule has 0 saturated heterocycles. The minimum Gasteiger partial charge on any atom is -0.478 e. The molecular weight excluding hydrogens is 296 g/mol. The summed E-state index contributed by atoms with van der Waals surface area (Å²) in [5, 5.41) is 8.85. The van der Waals surface area contributed by atoms with E-state index in [1.54, 1.807) is 0 Å². The Morgan fingerprint density at radius 2 is 1.89 bits per heavy atom. The van der Waals surface area contributed by atoms with Crippen molar-refractivity contribution in [3.8, 4) is 0 Å². The first kappa shape index (κ1) is 15.5. The molecule has 0 unspecified atom stereocenters. The predicted octanol–water partition coefficient (Wildman–Crippen LogP) is -0.866. The van der Waals surface area contributed by atoms with Crippen molar-refractivity contribution in [2.24, 2.45) is 0 Å². The van der Waals surface area contributed by atoms with Crippen molar-refractivity contribution >= 4 is 25.6 Å². The predicted molar refractivity (Wildman–Crippen MR) is 66.2 cm³/mol. The van der Waals surface area contributed by atoms with E-state index in [9.17, 15) is 21.6 Å². The molecule has 1 N–H and O–H groups in total. The molecule has 0 spiro atoms. The highest BCUT2D eigenvalue weighted by Crippen LogP contribution is 2.09. The largest absolute Gasteiger partial charge is 0.478 e. The van der Waals surface area contributed by atoms with Gasteiger partial charge in [0.2, 0.25) is 0 Å². The molecule has 1 aromatic heterocycles. The van der Waals surface area contributed by atoms with Gasteiger partial charge in [0.15, 0.2) is 9.84 Å². The first-order valence-corrected chi connectivity index (χ1v) is 8.89. The molecule has 1 heterocycles. The van der Waals surface area contributed by atoms with E-state index in [0.717, 1.165) is 18.8 Å². The van der Waals surface area contributed by atoms with Gasteiger partial charge in [-0.3, -0.25) is 0 Å². The van der Waals surface area contributed by atoms with Crippen LogP contribution < -0.4 is 0 Å². The maximum absolute atomic E-state index is 11.7.